The smallest absolute Gasteiger partial charge is 0.231 e. The van der Waals surface area contributed by atoms with E-state index in [0.717, 1.165) is 77.4 Å². The maximum Gasteiger partial charge on any atom is 0.231 e. The van der Waals surface area contributed by atoms with Crippen LogP contribution < -0.4 is 5.32 Å². The van der Waals surface area contributed by atoms with Crippen molar-refractivity contribution >= 4 is 5.91 Å². The summed E-state index contributed by atoms with van der Waals surface area (Å²) in [6, 6.07) is 0. The largest absolute Gasteiger partial charge is 0.384 e. The lowest BCUT2D eigenvalue weighted by Crippen LogP contribution is -2.53. The molecule has 2 unspecified atom stereocenters. The SMILES string of the molecule is COCC1(C(=O)N2CCC(CCN3CC(C)OC(C)C3)CC2)CCNCC1. The summed E-state index contributed by atoms with van der Waals surface area (Å²) in [7, 11) is 1.72. The predicted molar refractivity (Wildman–Crippen MR) is 107 cm³/mol. The molecule has 6 heteroatoms. The zero-order chi connectivity index (χ0) is 19.3. The number of piperidine rings is 2. The number of morpholine rings is 1. The second kappa shape index (κ2) is 9.68. The Hall–Kier alpha value is -0.690. The Morgan fingerprint density at radius 3 is 2.37 bits per heavy atom. The number of rotatable bonds is 6. The molecule has 1 amide bonds. The van der Waals surface area contributed by atoms with E-state index >= 15 is 0 Å². The van der Waals surface area contributed by atoms with Crippen LogP contribution in [0.3, 0.4) is 0 Å². The Morgan fingerprint density at radius 2 is 1.78 bits per heavy atom. The summed E-state index contributed by atoms with van der Waals surface area (Å²) >= 11 is 0. The summed E-state index contributed by atoms with van der Waals surface area (Å²) in [6.45, 7) is 11.8. The first-order valence-electron chi connectivity index (χ1n) is 10.9. The highest BCUT2D eigenvalue weighted by Gasteiger charge is 2.42. The molecule has 0 aromatic heterocycles. The van der Waals surface area contributed by atoms with Crippen molar-refractivity contribution in [2.24, 2.45) is 11.3 Å². The molecule has 0 spiro atoms. The highest BCUT2D eigenvalue weighted by molar-refractivity contribution is 5.83. The number of likely N-dealkylation sites (tertiary alicyclic amines) is 1. The quantitative estimate of drug-likeness (QED) is 0.760. The summed E-state index contributed by atoms with van der Waals surface area (Å²) < 4.78 is 11.3. The van der Waals surface area contributed by atoms with Crippen LogP contribution in [0.1, 0.15) is 46.0 Å². The molecule has 3 rings (SSSR count). The Balaban J connectivity index is 1.44. The highest BCUT2D eigenvalue weighted by atomic mass is 16.5. The number of hydrogen-bond acceptors (Lipinski definition) is 5. The number of methoxy groups -OCH3 is 1. The summed E-state index contributed by atoms with van der Waals surface area (Å²) in [4.78, 5) is 17.9. The van der Waals surface area contributed by atoms with E-state index in [0.29, 0.717) is 24.7 Å². The molecule has 0 aliphatic carbocycles. The number of nitrogens with one attached hydrogen (secondary N) is 1. The zero-order valence-electron chi connectivity index (χ0n) is 17.5. The molecule has 6 nitrogen and oxygen atoms in total. The normalized spacial score (nSPS) is 30.4. The van der Waals surface area contributed by atoms with Gasteiger partial charge in [-0.2, -0.15) is 0 Å². The fraction of sp³-hybridized carbons (Fsp3) is 0.952. The molecule has 3 aliphatic rings. The molecule has 0 bridgehead atoms. The minimum Gasteiger partial charge on any atom is -0.384 e. The van der Waals surface area contributed by atoms with E-state index in [9.17, 15) is 4.79 Å². The lowest BCUT2D eigenvalue weighted by Gasteiger charge is -2.42. The van der Waals surface area contributed by atoms with E-state index in [-0.39, 0.29) is 5.41 Å². The molecule has 0 radical (unpaired) electrons. The summed E-state index contributed by atoms with van der Waals surface area (Å²) in [5.41, 5.74) is -0.299. The standard InChI is InChI=1S/C21H39N3O3/c1-17-14-23(15-18(2)27-17)11-4-19-5-12-24(13-6-19)20(25)21(16-26-3)7-9-22-10-8-21/h17-19,22H,4-16H2,1-3H3. The average molecular weight is 382 g/mol. The molecular weight excluding hydrogens is 342 g/mol. The van der Waals surface area contributed by atoms with Gasteiger partial charge in [-0.25, -0.2) is 0 Å². The van der Waals surface area contributed by atoms with Gasteiger partial charge in [-0.1, -0.05) is 0 Å². The summed E-state index contributed by atoms with van der Waals surface area (Å²) in [6.07, 6.45) is 6.00. The van der Waals surface area contributed by atoms with Gasteiger partial charge in [0, 0.05) is 33.3 Å². The van der Waals surface area contributed by atoms with Crippen molar-refractivity contribution in [3.8, 4) is 0 Å². The van der Waals surface area contributed by atoms with Gasteiger partial charge in [0.15, 0.2) is 0 Å². The van der Waals surface area contributed by atoms with E-state index in [1.807, 2.05) is 0 Å². The molecule has 2 atom stereocenters. The second-order valence-electron chi connectivity index (χ2n) is 9.00. The van der Waals surface area contributed by atoms with Crippen LogP contribution in [-0.2, 0) is 14.3 Å². The molecule has 0 saturated carbocycles. The van der Waals surface area contributed by atoms with Gasteiger partial charge < -0.3 is 19.7 Å². The van der Waals surface area contributed by atoms with Crippen molar-refractivity contribution in [1.82, 2.24) is 15.1 Å². The molecule has 3 heterocycles. The summed E-state index contributed by atoms with van der Waals surface area (Å²) in [5.74, 6) is 1.08. The van der Waals surface area contributed by atoms with Crippen LogP contribution in [-0.4, -0.2) is 87.4 Å². The van der Waals surface area contributed by atoms with Gasteiger partial charge in [-0.3, -0.25) is 9.69 Å². The van der Waals surface area contributed by atoms with Crippen LogP contribution in [0.5, 0.6) is 0 Å². The molecule has 27 heavy (non-hydrogen) atoms. The first kappa shape index (κ1) is 21.0. The van der Waals surface area contributed by atoms with E-state index in [1.54, 1.807) is 7.11 Å². The fourth-order valence-corrected chi connectivity index (χ4v) is 5.19. The van der Waals surface area contributed by atoms with Crippen LogP contribution in [0.25, 0.3) is 0 Å². The highest BCUT2D eigenvalue weighted by Crippen LogP contribution is 2.33. The topological polar surface area (TPSA) is 54.0 Å². The maximum atomic E-state index is 13.2. The minimum atomic E-state index is -0.299. The molecule has 3 aliphatic heterocycles. The number of carbonyl (C=O) groups excluding carboxylic acids is 1. The van der Waals surface area contributed by atoms with Crippen molar-refractivity contribution in [2.45, 2.75) is 58.2 Å². The molecule has 0 aromatic carbocycles. The average Bonchev–Trinajstić information content (AvgIpc) is 2.66. The van der Waals surface area contributed by atoms with Crippen molar-refractivity contribution in [1.29, 1.82) is 0 Å². The van der Waals surface area contributed by atoms with E-state index < -0.39 is 0 Å². The summed E-state index contributed by atoms with van der Waals surface area (Å²) in [5, 5.41) is 3.38. The van der Waals surface area contributed by atoms with Crippen LogP contribution in [0.4, 0.5) is 0 Å². The first-order valence-corrected chi connectivity index (χ1v) is 10.9. The van der Waals surface area contributed by atoms with Crippen LogP contribution in [0.2, 0.25) is 0 Å². The Morgan fingerprint density at radius 1 is 1.15 bits per heavy atom. The van der Waals surface area contributed by atoms with Crippen molar-refractivity contribution in [3.05, 3.63) is 0 Å². The van der Waals surface area contributed by atoms with Crippen molar-refractivity contribution in [3.63, 3.8) is 0 Å². The molecule has 0 aromatic rings. The third-order valence-electron chi connectivity index (χ3n) is 6.69. The third-order valence-corrected chi connectivity index (χ3v) is 6.69. The van der Waals surface area contributed by atoms with E-state index in [2.05, 4.69) is 29.0 Å². The van der Waals surface area contributed by atoms with Crippen LogP contribution in [0.15, 0.2) is 0 Å². The monoisotopic (exact) mass is 381 g/mol. The second-order valence-corrected chi connectivity index (χ2v) is 9.00. The maximum absolute atomic E-state index is 13.2. The van der Waals surface area contributed by atoms with Crippen LogP contribution in [0, 0.1) is 11.3 Å². The number of hydrogen-bond donors (Lipinski definition) is 1. The molecule has 1 N–H and O–H groups in total. The van der Waals surface area contributed by atoms with E-state index in [4.69, 9.17) is 9.47 Å². The zero-order valence-corrected chi connectivity index (χ0v) is 17.5. The van der Waals surface area contributed by atoms with Crippen LogP contribution >= 0.6 is 0 Å². The Labute approximate surface area is 164 Å². The molecule has 156 valence electrons. The fourth-order valence-electron chi connectivity index (χ4n) is 5.19. The van der Waals surface area contributed by atoms with Gasteiger partial charge in [0.2, 0.25) is 5.91 Å². The van der Waals surface area contributed by atoms with E-state index in [1.165, 1.54) is 6.42 Å². The van der Waals surface area contributed by atoms with Gasteiger partial charge in [-0.05, 0) is 71.5 Å². The molecular formula is C21H39N3O3. The van der Waals surface area contributed by atoms with Crippen molar-refractivity contribution in [2.75, 3.05) is 59.5 Å². The lowest BCUT2D eigenvalue weighted by molar-refractivity contribution is -0.149. The number of amides is 1. The minimum absolute atomic E-state index is 0.299. The van der Waals surface area contributed by atoms with Gasteiger partial charge in [0.1, 0.15) is 0 Å². The Kier molecular flexibility index (Phi) is 7.54. The first-order chi connectivity index (χ1) is 13.0. The van der Waals surface area contributed by atoms with Gasteiger partial charge in [-0.15, -0.1) is 0 Å². The number of carbonyl (C=O) groups is 1. The lowest BCUT2D eigenvalue weighted by atomic mass is 9.77. The molecule has 3 fully saturated rings. The number of ether oxygens (including phenoxy) is 2. The predicted octanol–water partition coefficient (Wildman–Crippen LogP) is 1.74. The molecule has 3 saturated heterocycles. The number of nitrogens with zero attached hydrogens (tertiary/aromatic N) is 2. The Bertz CT molecular complexity index is 458. The van der Waals surface area contributed by atoms with Gasteiger partial charge >= 0.3 is 0 Å². The van der Waals surface area contributed by atoms with Crippen molar-refractivity contribution < 1.29 is 14.3 Å². The van der Waals surface area contributed by atoms with Gasteiger partial charge in [0.25, 0.3) is 0 Å². The van der Waals surface area contributed by atoms with Gasteiger partial charge in [0.05, 0.1) is 24.2 Å². The third kappa shape index (κ3) is 5.43.